The second kappa shape index (κ2) is 6.60. The molecule has 120 valence electrons. The maximum Gasteiger partial charge on any atom is 0.321 e. The number of nitrogens with one attached hydrogen (secondary N) is 1. The summed E-state index contributed by atoms with van der Waals surface area (Å²) in [5, 5.41) is 2.88. The lowest BCUT2D eigenvalue weighted by Gasteiger charge is -2.29. The number of ether oxygens (including phenoxy) is 2. The Hall–Kier alpha value is -2.69. The van der Waals surface area contributed by atoms with Gasteiger partial charge in [0.05, 0.1) is 6.54 Å². The summed E-state index contributed by atoms with van der Waals surface area (Å²) in [6, 6.07) is 15.1. The highest BCUT2D eigenvalue weighted by Crippen LogP contribution is 2.30. The average molecular weight is 312 g/mol. The van der Waals surface area contributed by atoms with Gasteiger partial charge in [-0.25, -0.2) is 4.79 Å². The molecule has 0 bridgehead atoms. The van der Waals surface area contributed by atoms with Crippen LogP contribution in [-0.2, 0) is 0 Å². The third kappa shape index (κ3) is 3.74. The first-order valence-electron chi connectivity index (χ1n) is 7.59. The summed E-state index contributed by atoms with van der Waals surface area (Å²) in [5.74, 6) is 1.46. The number of urea groups is 1. The van der Waals surface area contributed by atoms with Gasteiger partial charge in [0.25, 0.3) is 0 Å². The number of carbonyl (C=O) groups excluding carboxylic acids is 1. The second-order valence-electron chi connectivity index (χ2n) is 5.68. The van der Waals surface area contributed by atoms with Crippen LogP contribution >= 0.6 is 0 Å². The number of hydrogen-bond donors (Lipinski definition) is 1. The van der Waals surface area contributed by atoms with Crippen molar-refractivity contribution < 1.29 is 14.3 Å². The van der Waals surface area contributed by atoms with Gasteiger partial charge in [0, 0.05) is 12.7 Å². The van der Waals surface area contributed by atoms with Crippen LogP contribution in [-0.4, -0.2) is 37.2 Å². The minimum Gasteiger partial charge on any atom is -0.486 e. The Morgan fingerprint density at radius 3 is 2.78 bits per heavy atom. The van der Waals surface area contributed by atoms with Crippen molar-refractivity contribution in [2.45, 2.75) is 13.0 Å². The number of aryl methyl sites for hydroxylation is 1. The number of hydrogen-bond acceptors (Lipinski definition) is 3. The molecule has 1 atom stereocenters. The molecule has 1 aliphatic rings. The lowest BCUT2D eigenvalue weighted by atomic mass is 10.2. The molecule has 2 amide bonds. The molecular weight excluding hydrogens is 292 g/mol. The van der Waals surface area contributed by atoms with Crippen molar-refractivity contribution in [3.05, 3.63) is 54.1 Å². The number of rotatable bonds is 3. The fourth-order valence-corrected chi connectivity index (χ4v) is 2.48. The molecule has 23 heavy (non-hydrogen) atoms. The number of amides is 2. The summed E-state index contributed by atoms with van der Waals surface area (Å²) in [7, 11) is 1.75. The standard InChI is InChI=1S/C18H20N2O3/c1-13-6-5-7-14(10-13)19-18(21)20(2)11-15-12-22-16-8-3-4-9-17(16)23-15/h3-10,15H,11-12H2,1-2H3,(H,19,21)/t15-/m0/s1. The number of nitrogens with zero attached hydrogens (tertiary/aromatic N) is 1. The van der Waals surface area contributed by atoms with E-state index >= 15 is 0 Å². The molecule has 0 aliphatic carbocycles. The van der Waals surface area contributed by atoms with Gasteiger partial charge in [0.2, 0.25) is 0 Å². The lowest BCUT2D eigenvalue weighted by molar-refractivity contribution is 0.0731. The number of para-hydroxylation sites is 2. The Morgan fingerprint density at radius 1 is 1.22 bits per heavy atom. The third-order valence-corrected chi connectivity index (χ3v) is 3.66. The zero-order valence-electron chi connectivity index (χ0n) is 13.3. The van der Waals surface area contributed by atoms with E-state index in [2.05, 4.69) is 5.32 Å². The van der Waals surface area contributed by atoms with Gasteiger partial charge in [-0.15, -0.1) is 0 Å². The fraction of sp³-hybridized carbons (Fsp3) is 0.278. The van der Waals surface area contributed by atoms with E-state index in [1.165, 1.54) is 0 Å². The molecule has 1 aliphatic heterocycles. The first kappa shape index (κ1) is 15.2. The van der Waals surface area contributed by atoms with Crippen molar-refractivity contribution in [1.82, 2.24) is 4.90 Å². The van der Waals surface area contributed by atoms with Gasteiger partial charge in [0.1, 0.15) is 6.61 Å². The van der Waals surface area contributed by atoms with E-state index in [4.69, 9.17) is 9.47 Å². The van der Waals surface area contributed by atoms with E-state index in [0.29, 0.717) is 13.2 Å². The van der Waals surface area contributed by atoms with E-state index in [9.17, 15) is 4.79 Å². The van der Waals surface area contributed by atoms with E-state index in [-0.39, 0.29) is 12.1 Å². The van der Waals surface area contributed by atoms with Crippen molar-refractivity contribution in [2.24, 2.45) is 0 Å². The topological polar surface area (TPSA) is 50.8 Å². The van der Waals surface area contributed by atoms with Crippen molar-refractivity contribution in [1.29, 1.82) is 0 Å². The van der Waals surface area contributed by atoms with Gasteiger partial charge < -0.3 is 19.7 Å². The van der Waals surface area contributed by atoms with Crippen LogP contribution in [0.2, 0.25) is 0 Å². The first-order chi connectivity index (χ1) is 11.1. The van der Waals surface area contributed by atoms with Crippen LogP contribution in [0.25, 0.3) is 0 Å². The maximum atomic E-state index is 12.3. The molecule has 0 saturated carbocycles. The summed E-state index contributed by atoms with van der Waals surface area (Å²) in [6.07, 6.45) is -0.182. The molecule has 5 heteroatoms. The summed E-state index contributed by atoms with van der Waals surface area (Å²) in [4.78, 5) is 13.9. The Kier molecular flexibility index (Phi) is 4.37. The Bertz CT molecular complexity index is 702. The molecule has 2 aromatic rings. The number of fused-ring (bicyclic) bond motifs is 1. The molecule has 1 N–H and O–H groups in total. The van der Waals surface area contributed by atoms with Gasteiger partial charge >= 0.3 is 6.03 Å². The summed E-state index contributed by atoms with van der Waals surface area (Å²) < 4.78 is 11.5. The molecule has 5 nitrogen and oxygen atoms in total. The predicted octanol–water partition coefficient (Wildman–Crippen LogP) is 3.30. The SMILES string of the molecule is Cc1cccc(NC(=O)N(C)C[C@H]2COc3ccccc3O2)c1. The molecule has 3 rings (SSSR count). The predicted molar refractivity (Wildman–Crippen MR) is 89.2 cm³/mol. The maximum absolute atomic E-state index is 12.3. The molecule has 0 aromatic heterocycles. The van der Waals surface area contributed by atoms with Gasteiger partial charge in [-0.2, -0.15) is 0 Å². The Balaban J connectivity index is 1.57. The normalized spacial score (nSPS) is 15.8. The molecule has 0 fully saturated rings. The number of carbonyl (C=O) groups is 1. The summed E-state index contributed by atoms with van der Waals surface area (Å²) in [6.45, 7) is 2.87. The molecule has 0 saturated heterocycles. The van der Waals surface area contributed by atoms with E-state index in [1.54, 1.807) is 11.9 Å². The molecule has 0 unspecified atom stereocenters. The van der Waals surface area contributed by atoms with Gasteiger partial charge in [-0.1, -0.05) is 24.3 Å². The van der Waals surface area contributed by atoms with Crippen LogP contribution in [0.1, 0.15) is 5.56 Å². The highest BCUT2D eigenvalue weighted by atomic mass is 16.6. The fourth-order valence-electron chi connectivity index (χ4n) is 2.48. The minimum absolute atomic E-state index is 0.168. The second-order valence-corrected chi connectivity index (χ2v) is 5.68. The van der Waals surface area contributed by atoms with Crippen molar-refractivity contribution in [2.75, 3.05) is 25.5 Å². The largest absolute Gasteiger partial charge is 0.486 e. The van der Waals surface area contributed by atoms with Gasteiger partial charge in [-0.3, -0.25) is 0 Å². The quantitative estimate of drug-likeness (QED) is 0.946. The number of benzene rings is 2. The lowest BCUT2D eigenvalue weighted by Crippen LogP contribution is -2.43. The van der Waals surface area contributed by atoms with Crippen LogP contribution < -0.4 is 14.8 Å². The summed E-state index contributed by atoms with van der Waals surface area (Å²) >= 11 is 0. The molecular formula is C18H20N2O3. The molecule has 1 heterocycles. The molecule has 0 radical (unpaired) electrons. The Labute approximate surface area is 135 Å². The van der Waals surface area contributed by atoms with Crippen molar-refractivity contribution in [3.63, 3.8) is 0 Å². The van der Waals surface area contributed by atoms with E-state index in [0.717, 1.165) is 22.7 Å². The van der Waals surface area contributed by atoms with Gasteiger partial charge in [-0.05, 0) is 36.8 Å². The Morgan fingerprint density at radius 2 is 2.00 bits per heavy atom. The first-order valence-corrected chi connectivity index (χ1v) is 7.59. The number of anilines is 1. The van der Waals surface area contributed by atoms with Crippen LogP contribution in [0.15, 0.2) is 48.5 Å². The van der Waals surface area contributed by atoms with E-state index in [1.807, 2.05) is 55.5 Å². The zero-order valence-corrected chi connectivity index (χ0v) is 13.3. The minimum atomic E-state index is -0.182. The molecule has 0 spiro atoms. The van der Waals surface area contributed by atoms with Crippen LogP contribution in [0.5, 0.6) is 11.5 Å². The van der Waals surface area contributed by atoms with Crippen LogP contribution in [0, 0.1) is 6.92 Å². The van der Waals surface area contributed by atoms with Crippen molar-refractivity contribution in [3.8, 4) is 11.5 Å². The third-order valence-electron chi connectivity index (χ3n) is 3.66. The average Bonchev–Trinajstić information content (AvgIpc) is 2.54. The van der Waals surface area contributed by atoms with Crippen LogP contribution in [0.3, 0.4) is 0 Å². The number of likely N-dealkylation sites (N-methyl/N-ethyl adjacent to an activating group) is 1. The molecule has 2 aromatic carbocycles. The zero-order chi connectivity index (χ0) is 16.2. The van der Waals surface area contributed by atoms with E-state index < -0.39 is 0 Å². The van der Waals surface area contributed by atoms with Crippen LogP contribution in [0.4, 0.5) is 10.5 Å². The summed E-state index contributed by atoms with van der Waals surface area (Å²) in [5.41, 5.74) is 1.89. The van der Waals surface area contributed by atoms with Crippen molar-refractivity contribution >= 4 is 11.7 Å². The smallest absolute Gasteiger partial charge is 0.321 e. The highest BCUT2D eigenvalue weighted by Gasteiger charge is 2.23. The highest BCUT2D eigenvalue weighted by molar-refractivity contribution is 5.89. The monoisotopic (exact) mass is 312 g/mol. The van der Waals surface area contributed by atoms with Gasteiger partial charge in [0.15, 0.2) is 17.6 Å².